The minimum atomic E-state index is 0. The summed E-state index contributed by atoms with van der Waals surface area (Å²) >= 11 is 0. The average Bonchev–Trinajstić information content (AvgIpc) is 2.78. The van der Waals surface area contributed by atoms with Gasteiger partial charge in [-0.05, 0) is 12.8 Å². The van der Waals surface area contributed by atoms with E-state index in [9.17, 15) is 0 Å². The van der Waals surface area contributed by atoms with Gasteiger partial charge in [-0.3, -0.25) is 0 Å². The summed E-state index contributed by atoms with van der Waals surface area (Å²) in [7, 11) is 0. The van der Waals surface area contributed by atoms with Crippen LogP contribution in [-0.4, -0.2) is 0 Å². The van der Waals surface area contributed by atoms with Crippen LogP contribution < -0.4 is 17.0 Å². The van der Waals surface area contributed by atoms with E-state index in [2.05, 4.69) is 49.0 Å². The number of pyridine rings is 1. The quantitative estimate of drug-likeness (QED) is 0.135. The maximum absolute atomic E-state index is 2.48. The topological polar surface area (TPSA) is 3.88 Å². The molecule has 0 spiro atoms. The number of aromatic nitrogens is 1. The minimum absolute atomic E-state index is 0. The Morgan fingerprint density at radius 1 is 0.452 bits per heavy atom. The van der Waals surface area contributed by atoms with Crippen molar-refractivity contribution in [1.82, 2.24) is 0 Å². The molecule has 2 heteroatoms. The first-order valence-corrected chi connectivity index (χ1v) is 13.8. The van der Waals surface area contributed by atoms with E-state index < -0.39 is 0 Å². The molecular weight excluding hydrogens is 398 g/mol. The van der Waals surface area contributed by atoms with Gasteiger partial charge in [-0.25, -0.2) is 4.57 Å². The summed E-state index contributed by atoms with van der Waals surface area (Å²) < 4.78 is 2.48. The van der Waals surface area contributed by atoms with Crippen molar-refractivity contribution in [3.05, 3.63) is 30.6 Å². The molecule has 0 aliphatic carbocycles. The number of halogens is 1. The second-order valence-corrected chi connectivity index (χ2v) is 9.56. The van der Waals surface area contributed by atoms with Gasteiger partial charge in [0, 0.05) is 25.0 Å². The zero-order valence-electron chi connectivity index (χ0n) is 21.1. The number of unbranched alkanes of at least 4 members (excludes halogenated alkanes) is 17. The Balaban J connectivity index is 0.00000900. The predicted octanol–water partition coefficient (Wildman–Crippen LogP) is 6.75. The Hall–Kier alpha value is -0.560. The third kappa shape index (κ3) is 18.7. The highest BCUT2D eigenvalue weighted by atomic mass is 35.5. The van der Waals surface area contributed by atoms with E-state index in [1.807, 2.05) is 0 Å². The summed E-state index contributed by atoms with van der Waals surface area (Å²) in [5.74, 6) is 0. The predicted molar refractivity (Wildman–Crippen MR) is 134 cm³/mol. The first kappa shape index (κ1) is 30.4. The summed E-state index contributed by atoms with van der Waals surface area (Å²) in [5, 5.41) is 0. The molecular formula is C29H54ClN. The van der Waals surface area contributed by atoms with Crippen LogP contribution in [0.1, 0.15) is 155 Å². The molecule has 1 rings (SSSR count). The lowest BCUT2D eigenvalue weighted by molar-refractivity contribution is -0.724. The van der Waals surface area contributed by atoms with Crippen LogP contribution in [0.25, 0.3) is 0 Å². The molecule has 1 atom stereocenters. The highest BCUT2D eigenvalue weighted by Crippen LogP contribution is 2.20. The SMILES string of the molecule is CCCCCCCCCCCCC(CCCCCCCCCCC)[n+]1ccccc1.[Cl-]. The van der Waals surface area contributed by atoms with Crippen molar-refractivity contribution in [1.29, 1.82) is 0 Å². The molecule has 0 fully saturated rings. The smallest absolute Gasteiger partial charge is 0.169 e. The molecule has 31 heavy (non-hydrogen) atoms. The van der Waals surface area contributed by atoms with Gasteiger partial charge in [-0.1, -0.05) is 129 Å². The Kier molecular flexibility index (Phi) is 23.7. The Bertz CT molecular complexity index is 447. The summed E-state index contributed by atoms with van der Waals surface area (Å²) in [4.78, 5) is 0. The number of rotatable bonds is 22. The van der Waals surface area contributed by atoms with Gasteiger partial charge in [-0.2, -0.15) is 0 Å². The fourth-order valence-corrected chi connectivity index (χ4v) is 4.66. The molecule has 0 aromatic carbocycles. The lowest BCUT2D eigenvalue weighted by atomic mass is 9.99. The van der Waals surface area contributed by atoms with E-state index in [4.69, 9.17) is 0 Å². The van der Waals surface area contributed by atoms with Crippen LogP contribution in [0.2, 0.25) is 0 Å². The molecule has 1 nitrogen and oxygen atoms in total. The van der Waals surface area contributed by atoms with Crippen molar-refractivity contribution >= 4 is 0 Å². The van der Waals surface area contributed by atoms with E-state index in [0.717, 1.165) is 0 Å². The highest BCUT2D eigenvalue weighted by Gasteiger charge is 2.16. The average molecular weight is 452 g/mol. The molecule has 182 valence electrons. The zero-order valence-corrected chi connectivity index (χ0v) is 21.9. The van der Waals surface area contributed by atoms with E-state index in [0.29, 0.717) is 6.04 Å². The second-order valence-electron chi connectivity index (χ2n) is 9.56. The summed E-state index contributed by atoms with van der Waals surface area (Å²) in [6.07, 6.45) is 34.5. The Morgan fingerprint density at radius 2 is 0.774 bits per heavy atom. The monoisotopic (exact) mass is 451 g/mol. The van der Waals surface area contributed by atoms with Crippen LogP contribution in [0.15, 0.2) is 30.6 Å². The molecule has 0 saturated heterocycles. The van der Waals surface area contributed by atoms with Crippen molar-refractivity contribution in [3.63, 3.8) is 0 Å². The molecule has 0 saturated carbocycles. The summed E-state index contributed by atoms with van der Waals surface area (Å²) in [6, 6.07) is 7.25. The van der Waals surface area contributed by atoms with Crippen LogP contribution in [0.5, 0.6) is 0 Å². The lowest BCUT2D eigenvalue weighted by Gasteiger charge is -2.13. The fraction of sp³-hybridized carbons (Fsp3) is 0.828. The van der Waals surface area contributed by atoms with E-state index in [-0.39, 0.29) is 12.4 Å². The first-order chi connectivity index (χ1) is 14.9. The van der Waals surface area contributed by atoms with Gasteiger partial charge in [0.1, 0.15) is 0 Å². The highest BCUT2D eigenvalue weighted by molar-refractivity contribution is 4.84. The van der Waals surface area contributed by atoms with Gasteiger partial charge in [0.05, 0.1) is 0 Å². The van der Waals surface area contributed by atoms with Gasteiger partial charge in [0.2, 0.25) is 0 Å². The fourth-order valence-electron chi connectivity index (χ4n) is 4.66. The molecule has 0 aliphatic rings. The van der Waals surface area contributed by atoms with Crippen molar-refractivity contribution in [2.45, 2.75) is 155 Å². The van der Waals surface area contributed by atoms with E-state index >= 15 is 0 Å². The molecule has 0 N–H and O–H groups in total. The Morgan fingerprint density at radius 3 is 1.13 bits per heavy atom. The first-order valence-electron chi connectivity index (χ1n) is 13.8. The van der Waals surface area contributed by atoms with Crippen molar-refractivity contribution < 1.29 is 17.0 Å². The Labute approximate surface area is 202 Å². The van der Waals surface area contributed by atoms with Gasteiger partial charge in [0.15, 0.2) is 18.4 Å². The largest absolute Gasteiger partial charge is 1.00 e. The van der Waals surface area contributed by atoms with E-state index in [1.165, 1.54) is 135 Å². The van der Waals surface area contributed by atoms with Crippen LogP contribution in [-0.2, 0) is 0 Å². The van der Waals surface area contributed by atoms with Crippen LogP contribution in [0.4, 0.5) is 0 Å². The van der Waals surface area contributed by atoms with E-state index in [1.54, 1.807) is 0 Å². The van der Waals surface area contributed by atoms with Crippen molar-refractivity contribution in [2.75, 3.05) is 0 Å². The van der Waals surface area contributed by atoms with Crippen LogP contribution >= 0.6 is 0 Å². The zero-order chi connectivity index (χ0) is 21.5. The number of hydrogen-bond donors (Lipinski definition) is 0. The molecule has 0 amide bonds. The molecule has 0 aliphatic heterocycles. The summed E-state index contributed by atoms with van der Waals surface area (Å²) in [5.41, 5.74) is 0. The third-order valence-electron chi connectivity index (χ3n) is 6.69. The maximum Gasteiger partial charge on any atom is 0.169 e. The second kappa shape index (κ2) is 24.1. The molecule has 1 aromatic rings. The van der Waals surface area contributed by atoms with Crippen molar-refractivity contribution in [2.24, 2.45) is 0 Å². The van der Waals surface area contributed by atoms with Gasteiger partial charge < -0.3 is 12.4 Å². The molecule has 1 heterocycles. The van der Waals surface area contributed by atoms with Crippen LogP contribution in [0.3, 0.4) is 0 Å². The van der Waals surface area contributed by atoms with Crippen LogP contribution in [0, 0.1) is 0 Å². The maximum atomic E-state index is 2.48. The molecule has 0 bridgehead atoms. The standard InChI is InChI=1S/C29H54N.ClH/c1-3-5-7-9-11-13-15-17-19-22-26-29(30-27-23-20-24-28-30)25-21-18-16-14-12-10-8-6-4-2;/h20,23-24,27-29H,3-19,21-22,25-26H2,1-2H3;1H/q+1;/p-1. The van der Waals surface area contributed by atoms with Gasteiger partial charge in [-0.15, -0.1) is 0 Å². The van der Waals surface area contributed by atoms with Gasteiger partial charge in [0.25, 0.3) is 0 Å². The third-order valence-corrected chi connectivity index (χ3v) is 6.69. The molecule has 1 aromatic heterocycles. The minimum Gasteiger partial charge on any atom is -1.00 e. The normalized spacial score (nSPS) is 11.9. The molecule has 1 unspecified atom stereocenters. The summed E-state index contributed by atoms with van der Waals surface area (Å²) in [6.45, 7) is 4.60. The number of hydrogen-bond acceptors (Lipinski definition) is 0. The molecule has 0 radical (unpaired) electrons. The van der Waals surface area contributed by atoms with Crippen molar-refractivity contribution in [3.8, 4) is 0 Å². The number of nitrogens with zero attached hydrogens (tertiary/aromatic N) is 1. The lowest BCUT2D eigenvalue weighted by Crippen LogP contribution is -3.00. The van der Waals surface area contributed by atoms with Gasteiger partial charge >= 0.3 is 0 Å².